The van der Waals surface area contributed by atoms with E-state index >= 15 is 0 Å². The number of hydrogen-bond donors (Lipinski definition) is 2. The highest BCUT2D eigenvalue weighted by atomic mass is 16.5. The van der Waals surface area contributed by atoms with E-state index in [-0.39, 0.29) is 5.60 Å². The average Bonchev–Trinajstić information content (AvgIpc) is 2.29. The summed E-state index contributed by atoms with van der Waals surface area (Å²) in [5, 5.41) is 9.60. The smallest absolute Gasteiger partial charge is 0.101 e. The van der Waals surface area contributed by atoms with E-state index in [9.17, 15) is 5.11 Å². The van der Waals surface area contributed by atoms with E-state index in [1.54, 1.807) is 7.11 Å². The Balaban J connectivity index is 2.42. The van der Waals surface area contributed by atoms with E-state index in [0.717, 1.165) is 25.7 Å². The number of ether oxygens (including phenoxy) is 2. The first-order chi connectivity index (χ1) is 7.93. The Labute approximate surface area is 104 Å². The lowest BCUT2D eigenvalue weighted by Crippen LogP contribution is -2.47. The summed E-state index contributed by atoms with van der Waals surface area (Å²) in [4.78, 5) is 0. The highest BCUT2D eigenvalue weighted by Gasteiger charge is 2.38. The molecule has 4 nitrogen and oxygen atoms in total. The van der Waals surface area contributed by atoms with Crippen LogP contribution in [-0.4, -0.2) is 43.7 Å². The van der Waals surface area contributed by atoms with Gasteiger partial charge in [-0.1, -0.05) is 13.8 Å². The quantitative estimate of drug-likeness (QED) is 0.740. The van der Waals surface area contributed by atoms with Crippen LogP contribution >= 0.6 is 0 Å². The van der Waals surface area contributed by atoms with Crippen molar-refractivity contribution in [1.29, 1.82) is 0 Å². The van der Waals surface area contributed by atoms with Crippen LogP contribution in [0, 0.1) is 5.41 Å². The van der Waals surface area contributed by atoms with E-state index in [2.05, 4.69) is 13.8 Å². The summed E-state index contributed by atoms with van der Waals surface area (Å²) in [5.41, 5.74) is 6.01. The van der Waals surface area contributed by atoms with Crippen LogP contribution in [0.3, 0.4) is 0 Å². The molecule has 0 bridgehead atoms. The molecule has 3 N–H and O–H groups in total. The third-order valence-corrected chi connectivity index (χ3v) is 3.83. The van der Waals surface area contributed by atoms with Gasteiger partial charge in [0, 0.05) is 13.7 Å². The number of aliphatic hydroxyl groups excluding tert-OH is 1. The maximum atomic E-state index is 9.60. The second-order valence-electron chi connectivity index (χ2n) is 5.97. The monoisotopic (exact) mass is 245 g/mol. The van der Waals surface area contributed by atoms with Crippen LogP contribution in [0.25, 0.3) is 0 Å². The van der Waals surface area contributed by atoms with Gasteiger partial charge in [-0.25, -0.2) is 0 Å². The highest BCUT2D eigenvalue weighted by Crippen LogP contribution is 2.41. The summed E-state index contributed by atoms with van der Waals surface area (Å²) < 4.78 is 10.8. The van der Waals surface area contributed by atoms with Gasteiger partial charge in [0.1, 0.15) is 6.10 Å². The van der Waals surface area contributed by atoms with Gasteiger partial charge in [0.05, 0.1) is 18.8 Å². The van der Waals surface area contributed by atoms with E-state index in [4.69, 9.17) is 15.2 Å². The molecule has 0 aromatic heterocycles. The van der Waals surface area contributed by atoms with E-state index in [0.29, 0.717) is 25.2 Å². The number of nitrogens with two attached hydrogens (primary N) is 1. The first-order valence-corrected chi connectivity index (χ1v) is 6.44. The van der Waals surface area contributed by atoms with Gasteiger partial charge in [-0.15, -0.1) is 0 Å². The zero-order valence-corrected chi connectivity index (χ0v) is 11.4. The number of hydrogen-bond acceptors (Lipinski definition) is 4. The minimum Gasteiger partial charge on any atom is -0.388 e. The summed E-state index contributed by atoms with van der Waals surface area (Å²) in [5.74, 6) is 0. The molecule has 0 aliphatic heterocycles. The Kier molecular flexibility index (Phi) is 5.38. The fraction of sp³-hybridized carbons (Fsp3) is 1.00. The average molecular weight is 245 g/mol. The Hall–Kier alpha value is -0.160. The Bertz CT molecular complexity index is 221. The van der Waals surface area contributed by atoms with Gasteiger partial charge in [0.15, 0.2) is 0 Å². The van der Waals surface area contributed by atoms with Crippen molar-refractivity contribution < 1.29 is 14.6 Å². The summed E-state index contributed by atoms with van der Waals surface area (Å²) in [6, 6.07) is 0. The molecule has 1 rings (SSSR count). The predicted octanol–water partition coefficient (Wildman–Crippen LogP) is 1.31. The van der Waals surface area contributed by atoms with Crippen LogP contribution in [0.15, 0.2) is 0 Å². The first-order valence-electron chi connectivity index (χ1n) is 6.44. The molecule has 0 saturated heterocycles. The van der Waals surface area contributed by atoms with Crippen molar-refractivity contribution >= 4 is 0 Å². The predicted molar refractivity (Wildman–Crippen MR) is 67.9 cm³/mol. The first kappa shape index (κ1) is 14.9. The van der Waals surface area contributed by atoms with Crippen molar-refractivity contribution in [2.45, 2.75) is 51.2 Å². The van der Waals surface area contributed by atoms with Gasteiger partial charge in [0.2, 0.25) is 0 Å². The zero-order chi connectivity index (χ0) is 12.9. The van der Waals surface area contributed by atoms with Crippen molar-refractivity contribution in [2.75, 3.05) is 26.9 Å². The third kappa shape index (κ3) is 4.54. The SMILES string of the molecule is COCC(O)COC1(CN)CCC(C)(C)CC1. The van der Waals surface area contributed by atoms with Gasteiger partial charge in [-0.3, -0.25) is 0 Å². The molecule has 1 aliphatic rings. The fourth-order valence-electron chi connectivity index (χ4n) is 2.30. The van der Waals surface area contributed by atoms with Crippen LogP contribution in [-0.2, 0) is 9.47 Å². The Morgan fingerprint density at radius 2 is 1.76 bits per heavy atom. The van der Waals surface area contributed by atoms with Gasteiger partial charge in [-0.05, 0) is 31.1 Å². The van der Waals surface area contributed by atoms with Crippen LogP contribution in [0.2, 0.25) is 0 Å². The number of aliphatic hydroxyl groups is 1. The van der Waals surface area contributed by atoms with Crippen molar-refractivity contribution in [1.82, 2.24) is 0 Å². The standard InChI is InChI=1S/C13H27NO3/c1-12(2)4-6-13(10-14,7-5-12)17-9-11(15)8-16-3/h11,15H,4-10,14H2,1-3H3. The molecule has 1 fully saturated rings. The molecule has 0 amide bonds. The van der Waals surface area contributed by atoms with Gasteiger partial charge in [0.25, 0.3) is 0 Å². The summed E-state index contributed by atoms with van der Waals surface area (Å²) in [6.07, 6.45) is 3.67. The Morgan fingerprint density at radius 3 is 2.24 bits per heavy atom. The zero-order valence-electron chi connectivity index (χ0n) is 11.4. The highest BCUT2D eigenvalue weighted by molar-refractivity contribution is 4.91. The Morgan fingerprint density at radius 1 is 1.18 bits per heavy atom. The molecule has 0 spiro atoms. The molecular weight excluding hydrogens is 218 g/mol. The summed E-state index contributed by atoms with van der Waals surface area (Å²) >= 11 is 0. The van der Waals surface area contributed by atoms with Crippen molar-refractivity contribution in [3.05, 3.63) is 0 Å². The second-order valence-corrected chi connectivity index (χ2v) is 5.97. The molecule has 0 aromatic carbocycles. The molecule has 1 aliphatic carbocycles. The van der Waals surface area contributed by atoms with Gasteiger partial charge < -0.3 is 20.3 Å². The van der Waals surface area contributed by atoms with Crippen LogP contribution < -0.4 is 5.73 Å². The number of rotatable bonds is 6. The van der Waals surface area contributed by atoms with E-state index in [1.165, 1.54) is 0 Å². The minimum atomic E-state index is -0.557. The molecule has 1 unspecified atom stereocenters. The third-order valence-electron chi connectivity index (χ3n) is 3.83. The molecule has 4 heteroatoms. The lowest BCUT2D eigenvalue weighted by molar-refractivity contribution is -0.114. The molecule has 17 heavy (non-hydrogen) atoms. The van der Waals surface area contributed by atoms with Crippen molar-refractivity contribution in [2.24, 2.45) is 11.1 Å². The van der Waals surface area contributed by atoms with E-state index in [1.807, 2.05) is 0 Å². The second kappa shape index (κ2) is 6.14. The molecule has 0 heterocycles. The van der Waals surface area contributed by atoms with E-state index < -0.39 is 6.10 Å². The molecule has 0 aromatic rings. The maximum absolute atomic E-state index is 9.60. The van der Waals surface area contributed by atoms with Gasteiger partial charge in [-0.2, -0.15) is 0 Å². The molecule has 102 valence electrons. The van der Waals surface area contributed by atoms with Crippen molar-refractivity contribution in [3.8, 4) is 0 Å². The summed E-state index contributed by atoms with van der Waals surface area (Å²) in [7, 11) is 1.57. The van der Waals surface area contributed by atoms with Crippen LogP contribution in [0.5, 0.6) is 0 Å². The van der Waals surface area contributed by atoms with Crippen LogP contribution in [0.4, 0.5) is 0 Å². The summed E-state index contributed by atoms with van der Waals surface area (Å²) in [6.45, 7) is 5.72. The molecule has 0 radical (unpaired) electrons. The fourth-order valence-corrected chi connectivity index (χ4v) is 2.30. The molecular formula is C13H27NO3. The lowest BCUT2D eigenvalue weighted by atomic mass is 9.71. The van der Waals surface area contributed by atoms with Gasteiger partial charge >= 0.3 is 0 Å². The minimum absolute atomic E-state index is 0.232. The largest absolute Gasteiger partial charge is 0.388 e. The molecule has 1 atom stereocenters. The lowest BCUT2D eigenvalue weighted by Gasteiger charge is -2.43. The maximum Gasteiger partial charge on any atom is 0.101 e. The number of methoxy groups -OCH3 is 1. The van der Waals surface area contributed by atoms with Crippen LogP contribution in [0.1, 0.15) is 39.5 Å². The normalized spacial score (nSPS) is 24.5. The molecule has 1 saturated carbocycles. The topological polar surface area (TPSA) is 64.7 Å². The van der Waals surface area contributed by atoms with Crippen molar-refractivity contribution in [3.63, 3.8) is 0 Å².